The molecule has 0 saturated heterocycles. The van der Waals surface area contributed by atoms with Crippen LogP contribution in [-0.2, 0) is 10.5 Å². The molecule has 0 spiro atoms. The van der Waals surface area contributed by atoms with Gasteiger partial charge in [0.2, 0.25) is 5.91 Å². The summed E-state index contributed by atoms with van der Waals surface area (Å²) in [6.45, 7) is 3.27. The molecule has 0 atom stereocenters. The molecule has 146 valence electrons. The van der Waals surface area contributed by atoms with Crippen LogP contribution in [0.5, 0.6) is 0 Å². The van der Waals surface area contributed by atoms with Crippen LogP contribution in [-0.4, -0.2) is 20.9 Å². The number of aryl methyl sites for hydroxylation is 1. The van der Waals surface area contributed by atoms with E-state index in [9.17, 15) is 9.18 Å². The standard InChI is InChI=1S/C21H17FN4OS2/c1-13-23-18-9-5-3-7-16(18)20(24-13)28-11-15-12-29-21(25-15)26(14(2)27)19-10-6-4-8-17(19)22/h3-10,12H,11H2,1-2H3. The normalized spacial score (nSPS) is 11.0. The number of hydrogen-bond acceptors (Lipinski definition) is 6. The van der Waals surface area contributed by atoms with Gasteiger partial charge >= 0.3 is 0 Å². The summed E-state index contributed by atoms with van der Waals surface area (Å²) in [5, 5.41) is 4.22. The lowest BCUT2D eigenvalue weighted by Gasteiger charge is -2.18. The lowest BCUT2D eigenvalue weighted by Crippen LogP contribution is -2.23. The number of para-hydroxylation sites is 2. The first kappa shape index (κ1) is 19.5. The molecule has 29 heavy (non-hydrogen) atoms. The molecule has 0 aliphatic rings. The Labute approximate surface area is 175 Å². The number of halogens is 1. The Kier molecular flexibility index (Phi) is 5.55. The number of aromatic nitrogens is 3. The number of nitrogens with zero attached hydrogens (tertiary/aromatic N) is 4. The van der Waals surface area contributed by atoms with Crippen molar-refractivity contribution in [1.82, 2.24) is 15.0 Å². The number of benzene rings is 2. The molecule has 0 saturated carbocycles. The van der Waals surface area contributed by atoms with E-state index in [0.717, 1.165) is 21.6 Å². The third-order valence-electron chi connectivity index (χ3n) is 4.18. The van der Waals surface area contributed by atoms with E-state index in [1.165, 1.54) is 29.2 Å². The zero-order valence-corrected chi connectivity index (χ0v) is 17.4. The monoisotopic (exact) mass is 424 g/mol. The van der Waals surface area contributed by atoms with Crippen LogP contribution in [0.15, 0.2) is 58.9 Å². The van der Waals surface area contributed by atoms with Crippen molar-refractivity contribution in [3.05, 3.63) is 71.2 Å². The van der Waals surface area contributed by atoms with Crippen molar-refractivity contribution in [3.8, 4) is 0 Å². The quantitative estimate of drug-likeness (QED) is 0.312. The number of thiazole rings is 1. The van der Waals surface area contributed by atoms with Crippen LogP contribution in [0, 0.1) is 12.7 Å². The fourth-order valence-corrected chi connectivity index (χ4v) is 4.86. The Bertz CT molecular complexity index is 1190. The van der Waals surface area contributed by atoms with Crippen LogP contribution in [0.25, 0.3) is 10.9 Å². The molecule has 0 aliphatic heterocycles. The summed E-state index contributed by atoms with van der Waals surface area (Å²) < 4.78 is 14.2. The van der Waals surface area contributed by atoms with Gasteiger partial charge in [-0.3, -0.25) is 9.69 Å². The summed E-state index contributed by atoms with van der Waals surface area (Å²) in [5.74, 6) is 0.547. The number of fused-ring (bicyclic) bond motifs is 1. The SMILES string of the molecule is CC(=O)N(c1nc(CSc2nc(C)nc3ccccc23)cs1)c1ccccc1F. The van der Waals surface area contributed by atoms with Gasteiger partial charge in [-0.2, -0.15) is 0 Å². The Balaban J connectivity index is 1.59. The smallest absolute Gasteiger partial charge is 0.230 e. The number of thioether (sulfide) groups is 1. The summed E-state index contributed by atoms with van der Waals surface area (Å²) >= 11 is 2.88. The van der Waals surface area contributed by atoms with Crippen molar-refractivity contribution < 1.29 is 9.18 Å². The minimum Gasteiger partial charge on any atom is -0.274 e. The molecule has 0 unspecified atom stereocenters. The molecule has 5 nitrogen and oxygen atoms in total. The van der Waals surface area contributed by atoms with Crippen molar-refractivity contribution in [2.45, 2.75) is 24.6 Å². The number of rotatable bonds is 5. The fraction of sp³-hybridized carbons (Fsp3) is 0.143. The molecule has 0 fully saturated rings. The van der Waals surface area contributed by atoms with Crippen LogP contribution in [0.2, 0.25) is 0 Å². The molecule has 4 rings (SSSR count). The summed E-state index contributed by atoms with van der Waals surface area (Å²) in [6, 6.07) is 14.1. The van der Waals surface area contributed by atoms with E-state index in [-0.39, 0.29) is 11.6 Å². The van der Waals surface area contributed by atoms with Crippen molar-refractivity contribution in [2.24, 2.45) is 0 Å². The van der Waals surface area contributed by atoms with Gasteiger partial charge in [0.05, 0.1) is 16.9 Å². The number of carbonyl (C=O) groups is 1. The van der Waals surface area contributed by atoms with Crippen molar-refractivity contribution in [3.63, 3.8) is 0 Å². The highest BCUT2D eigenvalue weighted by atomic mass is 32.2. The van der Waals surface area contributed by atoms with E-state index in [0.29, 0.717) is 16.7 Å². The van der Waals surface area contributed by atoms with Gasteiger partial charge in [0.15, 0.2) is 5.13 Å². The highest BCUT2D eigenvalue weighted by Crippen LogP contribution is 2.33. The lowest BCUT2D eigenvalue weighted by atomic mass is 10.2. The van der Waals surface area contributed by atoms with E-state index in [2.05, 4.69) is 15.0 Å². The summed E-state index contributed by atoms with van der Waals surface area (Å²) in [7, 11) is 0. The maximum atomic E-state index is 14.2. The maximum absolute atomic E-state index is 14.2. The minimum atomic E-state index is -0.461. The average Bonchev–Trinajstić information content (AvgIpc) is 3.16. The van der Waals surface area contributed by atoms with Gasteiger partial charge < -0.3 is 0 Å². The van der Waals surface area contributed by atoms with Crippen LogP contribution >= 0.6 is 23.1 Å². The van der Waals surface area contributed by atoms with E-state index >= 15 is 0 Å². The zero-order valence-electron chi connectivity index (χ0n) is 15.8. The van der Waals surface area contributed by atoms with E-state index in [4.69, 9.17) is 0 Å². The third kappa shape index (κ3) is 4.13. The molecule has 8 heteroatoms. The molecular formula is C21H17FN4OS2. The molecular weight excluding hydrogens is 407 g/mol. The number of amides is 1. The van der Waals surface area contributed by atoms with Gasteiger partial charge in [0.25, 0.3) is 0 Å². The number of carbonyl (C=O) groups excluding carboxylic acids is 1. The van der Waals surface area contributed by atoms with E-state index < -0.39 is 5.82 Å². The largest absolute Gasteiger partial charge is 0.274 e. The second-order valence-corrected chi connectivity index (χ2v) is 8.11. The Morgan fingerprint density at radius 3 is 2.66 bits per heavy atom. The van der Waals surface area contributed by atoms with Gasteiger partial charge in [-0.1, -0.05) is 42.1 Å². The van der Waals surface area contributed by atoms with Crippen LogP contribution < -0.4 is 4.90 Å². The Morgan fingerprint density at radius 2 is 1.86 bits per heavy atom. The first-order valence-electron chi connectivity index (χ1n) is 8.89. The Morgan fingerprint density at radius 1 is 1.10 bits per heavy atom. The zero-order chi connectivity index (χ0) is 20.4. The van der Waals surface area contributed by atoms with E-state index in [1.54, 1.807) is 30.0 Å². The van der Waals surface area contributed by atoms with Gasteiger partial charge in [0, 0.05) is 23.4 Å². The summed E-state index contributed by atoms with van der Waals surface area (Å²) in [4.78, 5) is 27.1. The molecule has 2 heterocycles. The van der Waals surface area contributed by atoms with E-state index in [1.807, 2.05) is 36.6 Å². The second-order valence-electron chi connectivity index (χ2n) is 6.31. The Hall–Kier alpha value is -2.84. The molecule has 0 radical (unpaired) electrons. The highest BCUT2D eigenvalue weighted by Gasteiger charge is 2.21. The molecule has 2 aromatic carbocycles. The number of anilines is 2. The molecule has 0 aliphatic carbocycles. The van der Waals surface area contributed by atoms with Gasteiger partial charge in [-0.05, 0) is 25.1 Å². The molecule has 0 bridgehead atoms. The molecule has 4 aromatic rings. The summed E-state index contributed by atoms with van der Waals surface area (Å²) in [6.07, 6.45) is 0. The highest BCUT2D eigenvalue weighted by molar-refractivity contribution is 7.98. The van der Waals surface area contributed by atoms with Crippen LogP contribution in [0.4, 0.5) is 15.2 Å². The predicted octanol–water partition coefficient (Wildman–Crippen LogP) is 5.51. The fourth-order valence-electron chi connectivity index (χ4n) is 2.92. The van der Waals surface area contributed by atoms with Crippen LogP contribution in [0.3, 0.4) is 0 Å². The third-order valence-corrected chi connectivity index (χ3v) is 6.08. The number of hydrogen-bond donors (Lipinski definition) is 0. The topological polar surface area (TPSA) is 59.0 Å². The molecule has 1 amide bonds. The van der Waals surface area contributed by atoms with Gasteiger partial charge in [-0.25, -0.2) is 19.3 Å². The summed E-state index contributed by atoms with van der Waals surface area (Å²) in [5.41, 5.74) is 1.91. The van der Waals surface area contributed by atoms with Crippen molar-refractivity contribution in [1.29, 1.82) is 0 Å². The predicted molar refractivity (Wildman–Crippen MR) is 115 cm³/mol. The van der Waals surface area contributed by atoms with Crippen LogP contribution in [0.1, 0.15) is 18.4 Å². The van der Waals surface area contributed by atoms with Crippen molar-refractivity contribution in [2.75, 3.05) is 4.90 Å². The maximum Gasteiger partial charge on any atom is 0.230 e. The first-order chi connectivity index (χ1) is 14.0. The second kappa shape index (κ2) is 8.26. The lowest BCUT2D eigenvalue weighted by molar-refractivity contribution is -0.115. The van der Waals surface area contributed by atoms with Gasteiger partial charge in [0.1, 0.15) is 16.7 Å². The van der Waals surface area contributed by atoms with Crippen molar-refractivity contribution >= 4 is 50.7 Å². The first-order valence-corrected chi connectivity index (χ1v) is 10.8. The molecule has 0 N–H and O–H groups in total. The molecule has 2 aromatic heterocycles. The van der Waals surface area contributed by atoms with Gasteiger partial charge in [-0.15, -0.1) is 11.3 Å². The average molecular weight is 425 g/mol. The minimum absolute atomic E-state index is 0.200.